The van der Waals surface area contributed by atoms with Crippen LogP contribution in [0.15, 0.2) is 42.5 Å². The summed E-state index contributed by atoms with van der Waals surface area (Å²) in [6, 6.07) is 11.9. The third-order valence-electron chi connectivity index (χ3n) is 2.61. The maximum Gasteiger partial charge on any atom is 0.269 e. The fraction of sp³-hybridized carbons (Fsp3) is 0.214. The van der Waals surface area contributed by atoms with E-state index in [-0.39, 0.29) is 5.69 Å². The van der Waals surface area contributed by atoms with Gasteiger partial charge in [-0.05, 0) is 18.6 Å². The molecule has 0 saturated heterocycles. The molecule has 2 aromatic rings. The van der Waals surface area contributed by atoms with E-state index in [9.17, 15) is 10.1 Å². The Bertz CT molecular complexity index is 602. The number of rotatable bonds is 6. The molecule has 0 aliphatic heterocycles. The predicted molar refractivity (Wildman–Crippen MR) is 75.8 cm³/mol. The zero-order chi connectivity index (χ0) is 14.4. The fourth-order valence-corrected chi connectivity index (χ4v) is 1.71. The molecule has 0 fully saturated rings. The third kappa shape index (κ3) is 3.68. The minimum atomic E-state index is -0.405. The van der Waals surface area contributed by atoms with E-state index >= 15 is 0 Å². The number of nitro groups is 1. The van der Waals surface area contributed by atoms with E-state index < -0.39 is 4.92 Å². The molecule has 6 nitrogen and oxygen atoms in total. The molecule has 0 bridgehead atoms. The highest BCUT2D eigenvalue weighted by atomic mass is 16.6. The van der Waals surface area contributed by atoms with Gasteiger partial charge in [0.05, 0.1) is 11.5 Å². The Balaban J connectivity index is 2.03. The topological polar surface area (TPSA) is 77.3 Å². The molecule has 1 heterocycles. The molecule has 0 saturated carbocycles. The molecule has 0 atom stereocenters. The normalized spacial score (nSPS) is 10.1. The summed E-state index contributed by atoms with van der Waals surface area (Å²) in [4.78, 5) is 14.6. The Morgan fingerprint density at radius 2 is 2.10 bits per heavy atom. The Hall–Kier alpha value is -2.63. The molecule has 0 amide bonds. The van der Waals surface area contributed by atoms with Gasteiger partial charge in [0.25, 0.3) is 5.69 Å². The molecule has 0 unspecified atom stereocenters. The fourth-order valence-electron chi connectivity index (χ4n) is 1.71. The van der Waals surface area contributed by atoms with Gasteiger partial charge in [0, 0.05) is 24.7 Å². The quantitative estimate of drug-likeness (QED) is 0.646. The Morgan fingerprint density at radius 3 is 2.85 bits per heavy atom. The molecule has 0 aliphatic rings. The Labute approximate surface area is 116 Å². The molecule has 20 heavy (non-hydrogen) atoms. The molecule has 1 aromatic carbocycles. The average Bonchev–Trinajstić information content (AvgIpc) is 2.46. The molecular formula is C14H15N3O3. The van der Waals surface area contributed by atoms with Crippen molar-refractivity contribution in [1.29, 1.82) is 0 Å². The average molecular weight is 273 g/mol. The van der Waals surface area contributed by atoms with Crippen molar-refractivity contribution in [2.45, 2.75) is 13.5 Å². The van der Waals surface area contributed by atoms with Crippen LogP contribution in [0.1, 0.15) is 12.5 Å². The standard InChI is InChI=1S/C14H15N3O3/c1-2-20-14-8-4-7-13(16-14)15-10-11-5-3-6-12(9-11)17(18)19/h3-9H,2,10H2,1H3,(H,15,16). The molecule has 0 spiro atoms. The first kappa shape index (κ1) is 13.8. The van der Waals surface area contributed by atoms with E-state index in [0.717, 1.165) is 5.56 Å². The molecule has 1 aromatic heterocycles. The maximum absolute atomic E-state index is 10.7. The van der Waals surface area contributed by atoms with E-state index in [1.165, 1.54) is 6.07 Å². The van der Waals surface area contributed by atoms with Gasteiger partial charge >= 0.3 is 0 Å². The lowest BCUT2D eigenvalue weighted by molar-refractivity contribution is -0.384. The van der Waals surface area contributed by atoms with Gasteiger partial charge in [-0.25, -0.2) is 0 Å². The smallest absolute Gasteiger partial charge is 0.269 e. The van der Waals surface area contributed by atoms with Gasteiger partial charge in [-0.2, -0.15) is 4.98 Å². The molecule has 0 aliphatic carbocycles. The first-order valence-corrected chi connectivity index (χ1v) is 6.26. The van der Waals surface area contributed by atoms with Crippen LogP contribution in [0.3, 0.4) is 0 Å². The van der Waals surface area contributed by atoms with Gasteiger partial charge in [0.2, 0.25) is 5.88 Å². The van der Waals surface area contributed by atoms with Gasteiger partial charge in [0.15, 0.2) is 0 Å². The number of nitro benzene ring substituents is 1. The number of nitrogens with one attached hydrogen (secondary N) is 1. The van der Waals surface area contributed by atoms with Crippen molar-refractivity contribution >= 4 is 11.5 Å². The highest BCUT2D eigenvalue weighted by molar-refractivity contribution is 5.40. The van der Waals surface area contributed by atoms with E-state index in [4.69, 9.17) is 4.74 Å². The number of anilines is 1. The maximum atomic E-state index is 10.7. The first-order valence-electron chi connectivity index (χ1n) is 6.26. The minimum absolute atomic E-state index is 0.0836. The molecule has 0 radical (unpaired) electrons. The summed E-state index contributed by atoms with van der Waals surface area (Å²) in [5.41, 5.74) is 0.906. The van der Waals surface area contributed by atoms with Crippen LogP contribution in [0.25, 0.3) is 0 Å². The summed E-state index contributed by atoms with van der Waals surface area (Å²) in [6.07, 6.45) is 0. The van der Waals surface area contributed by atoms with Crippen molar-refractivity contribution in [2.24, 2.45) is 0 Å². The monoisotopic (exact) mass is 273 g/mol. The van der Waals surface area contributed by atoms with Crippen molar-refractivity contribution < 1.29 is 9.66 Å². The second-order valence-corrected chi connectivity index (χ2v) is 4.07. The number of benzene rings is 1. The SMILES string of the molecule is CCOc1cccc(NCc2cccc([N+](=O)[O-])c2)n1. The molecule has 104 valence electrons. The molecule has 2 rings (SSSR count). The van der Waals surface area contributed by atoms with E-state index in [1.807, 2.05) is 25.1 Å². The second kappa shape index (κ2) is 6.51. The van der Waals surface area contributed by atoms with Crippen molar-refractivity contribution in [1.82, 2.24) is 4.98 Å². The third-order valence-corrected chi connectivity index (χ3v) is 2.61. The highest BCUT2D eigenvalue weighted by Gasteiger charge is 2.05. The van der Waals surface area contributed by atoms with Gasteiger partial charge in [0.1, 0.15) is 5.82 Å². The predicted octanol–water partition coefficient (Wildman–Crippen LogP) is 3.00. The van der Waals surface area contributed by atoms with Crippen molar-refractivity contribution in [3.05, 3.63) is 58.1 Å². The van der Waals surface area contributed by atoms with Crippen LogP contribution in [0.5, 0.6) is 5.88 Å². The molecular weight excluding hydrogens is 258 g/mol. The summed E-state index contributed by atoms with van der Waals surface area (Å²) in [5.74, 6) is 1.22. The number of non-ortho nitro benzene ring substituents is 1. The van der Waals surface area contributed by atoms with E-state index in [1.54, 1.807) is 18.2 Å². The van der Waals surface area contributed by atoms with Crippen LogP contribution in [0, 0.1) is 10.1 Å². The lowest BCUT2D eigenvalue weighted by atomic mass is 10.2. The number of hydrogen-bond donors (Lipinski definition) is 1. The Kier molecular flexibility index (Phi) is 4.49. The van der Waals surface area contributed by atoms with Crippen molar-refractivity contribution in [3.8, 4) is 5.88 Å². The number of aromatic nitrogens is 1. The van der Waals surface area contributed by atoms with E-state index in [2.05, 4.69) is 10.3 Å². The largest absolute Gasteiger partial charge is 0.478 e. The van der Waals surface area contributed by atoms with Crippen LogP contribution < -0.4 is 10.1 Å². The lowest BCUT2D eigenvalue weighted by Gasteiger charge is -2.07. The van der Waals surface area contributed by atoms with Crippen LogP contribution in [0.4, 0.5) is 11.5 Å². The van der Waals surface area contributed by atoms with Crippen LogP contribution in [0.2, 0.25) is 0 Å². The number of nitrogens with zero attached hydrogens (tertiary/aromatic N) is 2. The van der Waals surface area contributed by atoms with Crippen LogP contribution >= 0.6 is 0 Å². The van der Waals surface area contributed by atoms with Gasteiger partial charge in [-0.1, -0.05) is 18.2 Å². The number of ether oxygens (including phenoxy) is 1. The van der Waals surface area contributed by atoms with Crippen molar-refractivity contribution in [2.75, 3.05) is 11.9 Å². The number of pyridine rings is 1. The summed E-state index contributed by atoms with van der Waals surface area (Å²) >= 11 is 0. The lowest BCUT2D eigenvalue weighted by Crippen LogP contribution is -2.03. The second-order valence-electron chi connectivity index (χ2n) is 4.07. The summed E-state index contributed by atoms with van der Waals surface area (Å²) in [6.45, 7) is 2.91. The highest BCUT2D eigenvalue weighted by Crippen LogP contribution is 2.15. The first-order chi connectivity index (χ1) is 9.69. The van der Waals surface area contributed by atoms with Crippen LogP contribution in [-0.2, 0) is 6.54 Å². The zero-order valence-corrected chi connectivity index (χ0v) is 11.1. The van der Waals surface area contributed by atoms with Crippen LogP contribution in [-0.4, -0.2) is 16.5 Å². The minimum Gasteiger partial charge on any atom is -0.478 e. The summed E-state index contributed by atoms with van der Waals surface area (Å²) in [5, 5.41) is 13.8. The number of hydrogen-bond acceptors (Lipinski definition) is 5. The summed E-state index contributed by atoms with van der Waals surface area (Å²) < 4.78 is 5.31. The zero-order valence-electron chi connectivity index (χ0n) is 11.1. The molecule has 1 N–H and O–H groups in total. The Morgan fingerprint density at radius 1 is 1.30 bits per heavy atom. The van der Waals surface area contributed by atoms with Crippen molar-refractivity contribution in [3.63, 3.8) is 0 Å². The van der Waals surface area contributed by atoms with E-state index in [0.29, 0.717) is 24.8 Å². The summed E-state index contributed by atoms with van der Waals surface area (Å²) in [7, 11) is 0. The van der Waals surface area contributed by atoms with Gasteiger partial charge < -0.3 is 10.1 Å². The van der Waals surface area contributed by atoms with Gasteiger partial charge in [-0.15, -0.1) is 0 Å². The molecule has 6 heteroatoms. The van der Waals surface area contributed by atoms with Gasteiger partial charge in [-0.3, -0.25) is 10.1 Å².